The first kappa shape index (κ1) is 21.2. The number of anilines is 3. The number of rotatable bonds is 5. The predicted octanol–water partition coefficient (Wildman–Crippen LogP) is 7.93. The Morgan fingerprint density at radius 1 is 0.667 bits per heavy atom. The summed E-state index contributed by atoms with van der Waals surface area (Å²) in [5, 5.41) is 13.2. The standard InChI is InChI=1S/C24H17N3S2.Pt/c1-2-8-20(9-3-1)27(21-10-4-6-18(16-21)23-25-12-14-28-23)22-11-5-7-19(17-22)24-26-13-15-29-24;/h1-15,23-24H;/q-4;+4. The summed E-state index contributed by atoms with van der Waals surface area (Å²) >= 11 is 3.40. The van der Waals surface area contributed by atoms with E-state index in [9.17, 15) is 0 Å². The van der Waals surface area contributed by atoms with Gasteiger partial charge in [-0.15, -0.1) is 35.7 Å². The number of nitrogens with zero attached hydrogens (tertiary/aromatic N) is 3. The SMILES string of the molecule is [Pt+4].[c-]1c(C2[N-]C=CS2)cccc1N(c1[c-]c(C2[N-]C=CS2)ccc1)c1ccccc1. The minimum absolute atomic E-state index is 0. The van der Waals surface area contributed by atoms with Gasteiger partial charge >= 0.3 is 21.1 Å². The molecular weight excluding hydrogens is 589 g/mol. The Morgan fingerprint density at radius 2 is 1.20 bits per heavy atom. The molecule has 2 atom stereocenters. The fourth-order valence-electron chi connectivity index (χ4n) is 3.31. The maximum atomic E-state index is 4.52. The van der Waals surface area contributed by atoms with Crippen LogP contribution in [0.1, 0.15) is 21.9 Å². The van der Waals surface area contributed by atoms with Gasteiger partial charge in [-0.3, -0.25) is 0 Å². The van der Waals surface area contributed by atoms with E-state index in [0.29, 0.717) is 0 Å². The summed E-state index contributed by atoms with van der Waals surface area (Å²) in [6.45, 7) is 0. The van der Waals surface area contributed by atoms with Crippen molar-refractivity contribution in [3.8, 4) is 0 Å². The van der Waals surface area contributed by atoms with E-state index < -0.39 is 0 Å². The zero-order valence-corrected chi connectivity index (χ0v) is 19.7. The van der Waals surface area contributed by atoms with Crippen molar-refractivity contribution in [2.24, 2.45) is 0 Å². The molecule has 0 radical (unpaired) electrons. The molecule has 3 nitrogen and oxygen atoms in total. The molecule has 0 aliphatic carbocycles. The van der Waals surface area contributed by atoms with Crippen molar-refractivity contribution in [1.29, 1.82) is 0 Å². The number of thioether (sulfide) groups is 2. The van der Waals surface area contributed by atoms with Crippen LogP contribution >= 0.6 is 23.5 Å². The van der Waals surface area contributed by atoms with Crippen molar-refractivity contribution >= 4 is 40.6 Å². The Labute approximate surface area is 200 Å². The topological polar surface area (TPSA) is 31.4 Å². The first-order valence-corrected chi connectivity index (χ1v) is 11.2. The summed E-state index contributed by atoms with van der Waals surface area (Å²) in [5.41, 5.74) is 5.15. The fraction of sp³-hybridized carbons (Fsp3) is 0.0833. The normalized spacial score (nSPS) is 19.1. The van der Waals surface area contributed by atoms with Gasteiger partial charge < -0.3 is 15.5 Å². The predicted molar refractivity (Wildman–Crippen MR) is 124 cm³/mol. The van der Waals surface area contributed by atoms with E-state index >= 15 is 0 Å². The van der Waals surface area contributed by atoms with Crippen LogP contribution in [0.15, 0.2) is 89.9 Å². The molecule has 0 fully saturated rings. The summed E-state index contributed by atoms with van der Waals surface area (Å²) in [4.78, 5) is 2.19. The monoisotopic (exact) mass is 606 g/mol. The minimum Gasteiger partial charge on any atom is -0.677 e. The van der Waals surface area contributed by atoms with Crippen LogP contribution in [0.2, 0.25) is 0 Å². The van der Waals surface area contributed by atoms with Gasteiger partial charge in [-0.25, -0.2) is 0 Å². The van der Waals surface area contributed by atoms with Gasteiger partial charge in [-0.1, -0.05) is 51.1 Å². The summed E-state index contributed by atoms with van der Waals surface area (Å²) in [6, 6.07) is 30.0. The van der Waals surface area contributed by atoms with Crippen LogP contribution in [-0.2, 0) is 21.1 Å². The molecule has 0 spiro atoms. The number of para-hydroxylation sites is 1. The summed E-state index contributed by atoms with van der Waals surface area (Å²) in [5.74, 6) is 0. The van der Waals surface area contributed by atoms with Crippen LogP contribution in [-0.4, -0.2) is 0 Å². The van der Waals surface area contributed by atoms with Crippen LogP contribution in [0.4, 0.5) is 17.1 Å². The maximum absolute atomic E-state index is 4.52. The second-order valence-corrected chi connectivity index (χ2v) is 8.48. The largest absolute Gasteiger partial charge is 4.00 e. The molecule has 5 rings (SSSR count). The second-order valence-electron chi connectivity index (χ2n) is 6.50. The van der Waals surface area contributed by atoms with E-state index in [0.717, 1.165) is 28.2 Å². The average Bonchev–Trinajstić information content (AvgIpc) is 3.50. The van der Waals surface area contributed by atoms with Crippen molar-refractivity contribution < 1.29 is 21.1 Å². The molecule has 6 heteroatoms. The molecule has 0 aromatic heterocycles. The van der Waals surface area contributed by atoms with E-state index in [4.69, 9.17) is 0 Å². The molecule has 3 aromatic rings. The number of hydrogen-bond acceptors (Lipinski definition) is 3. The Kier molecular flexibility index (Phi) is 6.93. The molecule has 0 saturated carbocycles. The van der Waals surface area contributed by atoms with Gasteiger partial charge in [-0.2, -0.15) is 59.9 Å². The van der Waals surface area contributed by atoms with Crippen molar-refractivity contribution in [1.82, 2.24) is 0 Å². The summed E-state index contributed by atoms with van der Waals surface area (Å²) in [7, 11) is 0. The van der Waals surface area contributed by atoms with E-state index in [1.54, 1.807) is 23.5 Å². The van der Waals surface area contributed by atoms with Gasteiger partial charge in [0.15, 0.2) is 0 Å². The molecule has 0 amide bonds. The zero-order valence-electron chi connectivity index (χ0n) is 15.8. The number of benzene rings is 3. The first-order valence-electron chi connectivity index (χ1n) is 9.29. The van der Waals surface area contributed by atoms with Crippen molar-refractivity contribution in [3.05, 3.63) is 124 Å². The van der Waals surface area contributed by atoms with E-state index in [-0.39, 0.29) is 31.8 Å². The maximum Gasteiger partial charge on any atom is 4.00 e. The molecule has 0 N–H and O–H groups in total. The minimum atomic E-state index is 0. The van der Waals surface area contributed by atoms with Crippen LogP contribution in [0, 0.1) is 12.1 Å². The van der Waals surface area contributed by atoms with Gasteiger partial charge in [0, 0.05) is 5.69 Å². The molecular formula is C24H17N3PtS2. The van der Waals surface area contributed by atoms with E-state index in [2.05, 4.69) is 76.2 Å². The second kappa shape index (κ2) is 9.82. The Morgan fingerprint density at radius 3 is 1.67 bits per heavy atom. The molecule has 150 valence electrons. The first-order chi connectivity index (χ1) is 14.4. The average molecular weight is 607 g/mol. The van der Waals surface area contributed by atoms with E-state index in [1.807, 2.05) is 41.4 Å². The van der Waals surface area contributed by atoms with Gasteiger partial charge in [0.05, 0.1) is 0 Å². The van der Waals surface area contributed by atoms with Crippen molar-refractivity contribution in [2.75, 3.05) is 4.90 Å². The zero-order chi connectivity index (χ0) is 19.5. The third-order valence-electron chi connectivity index (χ3n) is 4.61. The summed E-state index contributed by atoms with van der Waals surface area (Å²) in [6.07, 6.45) is 3.72. The Balaban J connectivity index is 0.00000218. The molecule has 0 saturated heterocycles. The van der Waals surface area contributed by atoms with Gasteiger partial charge in [0.25, 0.3) is 0 Å². The van der Waals surface area contributed by atoms with Crippen molar-refractivity contribution in [2.45, 2.75) is 10.7 Å². The van der Waals surface area contributed by atoms with Crippen molar-refractivity contribution in [3.63, 3.8) is 0 Å². The van der Waals surface area contributed by atoms with Gasteiger partial charge in [0.2, 0.25) is 0 Å². The number of hydrogen-bond donors (Lipinski definition) is 0. The molecule has 3 aromatic carbocycles. The third-order valence-corrected chi connectivity index (χ3v) is 6.44. The summed E-state index contributed by atoms with van der Waals surface area (Å²) < 4.78 is 0. The van der Waals surface area contributed by atoms with Gasteiger partial charge in [0.1, 0.15) is 0 Å². The Hall–Kier alpha value is -2.07. The van der Waals surface area contributed by atoms with Gasteiger partial charge in [-0.05, 0) is 12.1 Å². The van der Waals surface area contributed by atoms with E-state index in [1.165, 1.54) is 0 Å². The molecule has 2 unspecified atom stereocenters. The molecule has 30 heavy (non-hydrogen) atoms. The molecule has 2 heterocycles. The fourth-order valence-corrected chi connectivity index (χ4v) is 4.73. The quantitative estimate of drug-likeness (QED) is 0.277. The third kappa shape index (κ3) is 4.49. The van der Waals surface area contributed by atoms with Crippen LogP contribution < -0.4 is 4.90 Å². The molecule has 2 aliphatic heterocycles. The van der Waals surface area contributed by atoms with Crippen LogP contribution in [0.5, 0.6) is 0 Å². The smallest absolute Gasteiger partial charge is 0.677 e. The van der Waals surface area contributed by atoms with Crippen LogP contribution in [0.25, 0.3) is 10.6 Å². The van der Waals surface area contributed by atoms with Crippen LogP contribution in [0.3, 0.4) is 0 Å². The Bertz CT molecular complexity index is 974. The molecule has 0 bridgehead atoms. The molecule has 2 aliphatic rings.